The average molecular weight is 756 g/mol. The van der Waals surface area contributed by atoms with Crippen LogP contribution in [0.25, 0.3) is 4.98 Å². The molecule has 50 heavy (non-hydrogen) atoms. The third-order valence-corrected chi connectivity index (χ3v) is 4.10. The Balaban J connectivity index is 0. The molecule has 7 N–H and O–H groups in total. The van der Waals surface area contributed by atoms with Gasteiger partial charge in [-0.05, 0) is 30.3 Å². The van der Waals surface area contributed by atoms with Crippen molar-refractivity contribution in [1.82, 2.24) is 0 Å². The summed E-state index contributed by atoms with van der Waals surface area (Å²) in [4.78, 5) is 61.7. The number of anilines is 1. The lowest BCUT2D eigenvalue weighted by Crippen LogP contribution is -1.97. The molecule has 0 aromatic heterocycles. The number of diazo groups is 1. The molecular weight excluding hydrogens is 736 g/mol. The zero-order valence-electron chi connectivity index (χ0n) is 23.8. The molecule has 0 saturated heterocycles. The van der Waals surface area contributed by atoms with Crippen LogP contribution in [0.2, 0.25) is 0 Å². The van der Waals surface area contributed by atoms with Crippen molar-refractivity contribution < 1.29 is 83.5 Å². The minimum absolute atomic E-state index is 0.00921. The smallest absolute Gasteiger partial charge is 0.394 e. The van der Waals surface area contributed by atoms with Gasteiger partial charge in [0, 0.05) is 17.8 Å². The van der Waals surface area contributed by atoms with E-state index >= 15 is 0 Å². The van der Waals surface area contributed by atoms with Crippen molar-refractivity contribution in [3.05, 3.63) is 89.9 Å². The van der Waals surface area contributed by atoms with Crippen LogP contribution in [-0.2, 0) is 35.2 Å². The molecule has 29 heteroatoms. The van der Waals surface area contributed by atoms with Crippen LogP contribution in [0, 0.1) is 35.7 Å². The molecule has 0 amide bonds. The van der Waals surface area contributed by atoms with Gasteiger partial charge in [-0.25, -0.2) is 0 Å². The van der Waals surface area contributed by atoms with Crippen LogP contribution in [0.3, 0.4) is 0 Å². The Bertz CT molecular complexity index is 1830. The average Bonchev–Trinajstić information content (AvgIpc) is 2.98. The van der Waals surface area contributed by atoms with E-state index in [9.17, 15) is 44.7 Å². The van der Waals surface area contributed by atoms with E-state index in [1.54, 1.807) is 0 Å². The molecule has 0 radical (unpaired) electrons. The Kier molecular flexibility index (Phi) is 19.6. The molecular formula is C21H19N6O21S2+. The van der Waals surface area contributed by atoms with Crippen molar-refractivity contribution in [2.45, 2.75) is 0 Å². The first-order valence-electron chi connectivity index (χ1n) is 11.3. The highest BCUT2D eigenvalue weighted by atomic mass is 32.3. The van der Waals surface area contributed by atoms with Gasteiger partial charge in [0.15, 0.2) is 4.98 Å². The van der Waals surface area contributed by atoms with Gasteiger partial charge >= 0.3 is 43.5 Å². The predicted molar refractivity (Wildman–Crippen MR) is 159 cm³/mol. The number of nitro groups is 3. The highest BCUT2D eigenvalue weighted by Gasteiger charge is 2.21. The van der Waals surface area contributed by atoms with Gasteiger partial charge in [0.2, 0.25) is 22.6 Å². The van der Waals surface area contributed by atoms with Crippen molar-refractivity contribution in [1.29, 1.82) is 5.39 Å². The topological polar surface area (TPSA) is 432 Å². The molecule has 0 heterocycles. The minimum atomic E-state index is -4.67. The first kappa shape index (κ1) is 45.2. The van der Waals surface area contributed by atoms with Crippen LogP contribution in [-0.4, -0.2) is 74.3 Å². The third-order valence-electron chi connectivity index (χ3n) is 4.10. The number of nitrogens with zero attached hydrogens (tertiary/aromatic N) is 5. The Hall–Kier alpha value is -6.97. The first-order chi connectivity index (χ1) is 23.0. The van der Waals surface area contributed by atoms with Gasteiger partial charge in [-0.15, -0.1) is 0 Å². The van der Waals surface area contributed by atoms with Crippen molar-refractivity contribution >= 4 is 68.7 Å². The lowest BCUT2D eigenvalue weighted by atomic mass is 10.2. The number of carbonyl (C=O) groups is 3. The van der Waals surface area contributed by atoms with Crippen LogP contribution >= 0.6 is 0 Å². The normalized spacial score (nSPS) is 9.58. The van der Waals surface area contributed by atoms with Gasteiger partial charge in [0.05, 0.1) is 20.8 Å². The van der Waals surface area contributed by atoms with Crippen molar-refractivity contribution in [2.75, 3.05) is 5.73 Å². The van der Waals surface area contributed by atoms with Gasteiger partial charge in [0.25, 0.3) is 19.4 Å². The molecule has 3 aromatic carbocycles. The van der Waals surface area contributed by atoms with Crippen molar-refractivity contribution in [2.24, 2.45) is 0 Å². The predicted octanol–water partition coefficient (Wildman–Crippen LogP) is 1.86. The number of phenols is 1. The lowest BCUT2D eigenvalue weighted by molar-refractivity contribution is -0.385. The summed E-state index contributed by atoms with van der Waals surface area (Å²) in [6.45, 7) is 0.288. The van der Waals surface area contributed by atoms with Crippen LogP contribution in [0.4, 0.5) is 28.4 Å². The highest BCUT2D eigenvalue weighted by molar-refractivity contribution is 7.80. The molecule has 0 unspecified atom stereocenters. The number of nitrogen functional groups attached to an aromatic ring is 1. The number of rotatable bonds is 9. The number of carbonyl (C=O) groups excluding carboxylic acids is 3. The largest absolute Gasteiger partial charge is 0.508 e. The van der Waals surface area contributed by atoms with Crippen molar-refractivity contribution in [3.63, 3.8) is 0 Å². The summed E-state index contributed by atoms with van der Waals surface area (Å²) >= 11 is 0. The summed E-state index contributed by atoms with van der Waals surface area (Å²) in [6, 6.07) is 10.4. The minimum Gasteiger partial charge on any atom is -0.508 e. The maximum Gasteiger partial charge on any atom is 0.394 e. The van der Waals surface area contributed by atoms with E-state index in [1.807, 2.05) is 0 Å². The summed E-state index contributed by atoms with van der Waals surface area (Å²) in [6.07, 6.45) is 0. The molecule has 0 aliphatic heterocycles. The van der Waals surface area contributed by atoms with Gasteiger partial charge in [-0.2, -0.15) is 16.8 Å². The van der Waals surface area contributed by atoms with E-state index in [-0.39, 0.29) is 59.5 Å². The standard InChI is InChI=1S/C7H4N3O4.C7H6N2O4.C7H5NO5.2H2O4S/c8-9-5-1-2-7(14-4-11)6(3-5)10(12)13;8-5-1-2-7(13-4-10)6(3-5)9(11)12;9-4-13-7-2-1-5(10)3-6(7)8(11)12;2*1-5(2,3)4/h1-4H;1-4H,8H2;1-4,10H;2*(H2,1,2,3,4)/q+1;;;;. The van der Waals surface area contributed by atoms with E-state index < -0.39 is 46.9 Å². The van der Waals surface area contributed by atoms with Crippen LogP contribution in [0.15, 0.2) is 54.6 Å². The van der Waals surface area contributed by atoms with E-state index in [2.05, 4.69) is 19.2 Å². The molecule has 3 rings (SSSR count). The molecule has 27 nitrogen and oxygen atoms in total. The van der Waals surface area contributed by atoms with E-state index in [0.717, 1.165) is 24.3 Å². The van der Waals surface area contributed by atoms with E-state index in [4.69, 9.17) is 51.3 Å². The number of aromatic hydroxyl groups is 1. The van der Waals surface area contributed by atoms with Crippen LogP contribution < -0.4 is 19.9 Å². The zero-order chi connectivity index (χ0) is 39.2. The number of nitrogens with two attached hydrogens (primary N) is 1. The second-order valence-corrected chi connectivity index (χ2v) is 9.23. The second kappa shape index (κ2) is 21.8. The Labute approximate surface area is 276 Å². The SMILES string of the molecule is N#[N+]c1ccc(OC=O)c([N+](=O)[O-])c1.Nc1ccc(OC=O)c([N+](=O)[O-])c1.O=COc1ccc(O)cc1[N+](=O)[O-].O=S(=O)(O)O.O=S(=O)(O)O. The van der Waals surface area contributed by atoms with Crippen LogP contribution in [0.1, 0.15) is 0 Å². The first-order valence-corrected chi connectivity index (χ1v) is 14.1. The van der Waals surface area contributed by atoms with Crippen molar-refractivity contribution in [3.8, 4) is 23.0 Å². The zero-order valence-corrected chi connectivity index (χ0v) is 25.5. The van der Waals surface area contributed by atoms with Gasteiger partial charge in [0.1, 0.15) is 11.8 Å². The number of hydrogen-bond donors (Lipinski definition) is 6. The third kappa shape index (κ3) is 21.7. The van der Waals surface area contributed by atoms with E-state index in [1.165, 1.54) is 30.3 Å². The Morgan fingerprint density at radius 3 is 1.30 bits per heavy atom. The molecule has 0 bridgehead atoms. The summed E-state index contributed by atoms with van der Waals surface area (Å²) in [5.41, 5.74) is 4.35. The number of nitro benzene ring substituents is 3. The summed E-state index contributed by atoms with van der Waals surface area (Å²) in [7, 11) is -9.33. The summed E-state index contributed by atoms with van der Waals surface area (Å²) < 4.78 is 76.2. The molecule has 0 aliphatic carbocycles. The summed E-state index contributed by atoms with van der Waals surface area (Å²) in [5.74, 6) is -0.769. The lowest BCUT2D eigenvalue weighted by Gasteiger charge is -1.99. The fourth-order valence-corrected chi connectivity index (χ4v) is 2.49. The summed E-state index contributed by atoms with van der Waals surface area (Å²) in [5, 5.41) is 48.5. The highest BCUT2D eigenvalue weighted by Crippen LogP contribution is 2.31. The number of hydrogen-bond acceptors (Lipinski definition) is 19. The number of benzene rings is 3. The maximum absolute atomic E-state index is 10.5. The molecule has 270 valence electrons. The van der Waals surface area contributed by atoms with Gasteiger partial charge < -0.3 is 25.1 Å². The quantitative estimate of drug-likeness (QED) is 0.0453. The molecule has 0 atom stereocenters. The van der Waals surface area contributed by atoms with Gasteiger partial charge in [-0.1, -0.05) is 0 Å². The van der Waals surface area contributed by atoms with Crippen LogP contribution in [0.5, 0.6) is 23.0 Å². The second-order valence-electron chi connectivity index (χ2n) is 7.44. The maximum atomic E-state index is 10.5. The number of phenolic OH excluding ortho intramolecular Hbond substituents is 1. The Morgan fingerprint density at radius 2 is 0.960 bits per heavy atom. The van der Waals surface area contributed by atoms with Gasteiger partial charge in [-0.3, -0.25) is 62.9 Å². The molecule has 0 aliphatic rings. The number of ether oxygens (including phenoxy) is 3. The fourth-order valence-electron chi connectivity index (χ4n) is 2.49. The monoisotopic (exact) mass is 755 g/mol. The Morgan fingerprint density at radius 1 is 0.640 bits per heavy atom. The molecule has 0 fully saturated rings. The fraction of sp³-hybridized carbons (Fsp3) is 0. The molecule has 3 aromatic rings. The molecule has 0 spiro atoms. The molecule has 0 saturated carbocycles. The van der Waals surface area contributed by atoms with E-state index in [0.29, 0.717) is 0 Å².